The van der Waals surface area contributed by atoms with E-state index in [0.717, 1.165) is 16.5 Å². The number of esters is 1. The minimum atomic E-state index is -0.548. The van der Waals surface area contributed by atoms with Crippen LogP contribution in [0.1, 0.15) is 46.6 Å². The molecule has 0 radical (unpaired) electrons. The van der Waals surface area contributed by atoms with Crippen molar-refractivity contribution in [3.63, 3.8) is 0 Å². The third-order valence-corrected chi connectivity index (χ3v) is 4.56. The number of nitrogens with one attached hydrogen (secondary N) is 3. The van der Waals surface area contributed by atoms with Crippen molar-refractivity contribution in [3.8, 4) is 0 Å². The van der Waals surface area contributed by atoms with E-state index in [1.807, 2.05) is 65.1 Å². The Labute approximate surface area is 172 Å². The number of hydrogen-bond donors (Lipinski definition) is 3. The molecule has 3 N–H and O–H groups in total. The van der Waals surface area contributed by atoms with Crippen LogP contribution in [0.15, 0.2) is 30.5 Å². The minimum Gasteiger partial charge on any atom is -0.468 e. The lowest BCUT2D eigenvalue weighted by Gasteiger charge is -2.29. The van der Waals surface area contributed by atoms with Crippen molar-refractivity contribution in [1.82, 2.24) is 15.6 Å². The Bertz CT molecular complexity index is 836. The van der Waals surface area contributed by atoms with Crippen molar-refractivity contribution in [2.75, 3.05) is 13.7 Å². The molecule has 0 saturated heterocycles. The molecule has 0 fully saturated rings. The van der Waals surface area contributed by atoms with Gasteiger partial charge in [-0.1, -0.05) is 18.2 Å². The molecule has 1 aromatic heterocycles. The summed E-state index contributed by atoms with van der Waals surface area (Å²) in [7, 11) is 1.39. The molecule has 0 bridgehead atoms. The number of aromatic nitrogens is 1. The number of aromatic amines is 1. The summed E-state index contributed by atoms with van der Waals surface area (Å²) >= 11 is 0. The number of methoxy groups -OCH3 is 1. The molecular weight excluding hydrogens is 370 g/mol. The number of amides is 1. The fraction of sp³-hybridized carbons (Fsp3) is 0.545. The molecule has 0 unspecified atom stereocenters. The number of ether oxygens (including phenoxy) is 2. The Balaban J connectivity index is 1.95. The average molecular weight is 404 g/mol. The summed E-state index contributed by atoms with van der Waals surface area (Å²) in [4.78, 5) is 27.5. The summed E-state index contributed by atoms with van der Waals surface area (Å²) in [6.07, 6.45) is 2.60. The van der Waals surface area contributed by atoms with Crippen LogP contribution in [0.2, 0.25) is 0 Å². The van der Waals surface area contributed by atoms with Crippen molar-refractivity contribution in [2.45, 2.75) is 64.6 Å². The van der Waals surface area contributed by atoms with Crippen molar-refractivity contribution >= 4 is 23.0 Å². The molecule has 0 saturated carbocycles. The van der Waals surface area contributed by atoms with E-state index >= 15 is 0 Å². The Morgan fingerprint density at radius 1 is 1.14 bits per heavy atom. The number of carbonyl (C=O) groups is 2. The second kappa shape index (κ2) is 9.31. The zero-order chi connectivity index (χ0) is 21.7. The second-order valence-electron chi connectivity index (χ2n) is 8.85. The molecule has 2 aromatic rings. The van der Waals surface area contributed by atoms with Gasteiger partial charge in [0.2, 0.25) is 0 Å². The summed E-state index contributed by atoms with van der Waals surface area (Å²) in [5.41, 5.74) is 1.05. The highest BCUT2D eigenvalue weighted by Crippen LogP contribution is 2.19. The third kappa shape index (κ3) is 7.09. The van der Waals surface area contributed by atoms with E-state index in [1.165, 1.54) is 7.11 Å². The van der Waals surface area contributed by atoms with E-state index in [-0.39, 0.29) is 5.97 Å². The number of fused-ring (bicyclic) bond motifs is 1. The van der Waals surface area contributed by atoms with Crippen LogP contribution in [0.25, 0.3) is 10.9 Å². The molecule has 1 heterocycles. The van der Waals surface area contributed by atoms with Gasteiger partial charge < -0.3 is 25.1 Å². The first-order chi connectivity index (χ1) is 13.5. The van der Waals surface area contributed by atoms with E-state index in [0.29, 0.717) is 19.4 Å². The predicted molar refractivity (Wildman–Crippen MR) is 114 cm³/mol. The fourth-order valence-corrected chi connectivity index (χ4v) is 3.10. The molecule has 0 aliphatic carbocycles. The lowest BCUT2D eigenvalue weighted by molar-refractivity contribution is -0.143. The van der Waals surface area contributed by atoms with Gasteiger partial charge in [0.15, 0.2) is 0 Å². The standard InChI is InChI=1S/C22H33N3O4/c1-21(2,3)29-20(27)25-22(4,5)11-12-23-18(19(26)28-6)13-15-14-24-17-10-8-7-9-16(15)17/h7-10,14,18,23-24H,11-13H2,1-6H3,(H,25,27)/t18-/m1/s1. The van der Waals surface area contributed by atoms with E-state index in [1.54, 1.807) is 0 Å². The van der Waals surface area contributed by atoms with E-state index < -0.39 is 23.3 Å². The van der Waals surface area contributed by atoms with Crippen molar-refractivity contribution < 1.29 is 19.1 Å². The normalized spacial score (nSPS) is 13.2. The Morgan fingerprint density at radius 3 is 2.48 bits per heavy atom. The maximum atomic E-state index is 12.3. The lowest BCUT2D eigenvalue weighted by Crippen LogP contribution is -2.48. The van der Waals surface area contributed by atoms with Crippen molar-refractivity contribution in [2.24, 2.45) is 0 Å². The van der Waals surface area contributed by atoms with Gasteiger partial charge in [0.1, 0.15) is 11.6 Å². The summed E-state index contributed by atoms with van der Waals surface area (Å²) in [6, 6.07) is 7.51. The lowest BCUT2D eigenvalue weighted by atomic mass is 10.00. The SMILES string of the molecule is COC(=O)[C@@H](Cc1c[nH]c2ccccc12)NCCC(C)(C)NC(=O)OC(C)(C)C. The van der Waals surface area contributed by atoms with Crippen LogP contribution in [0.4, 0.5) is 4.79 Å². The summed E-state index contributed by atoms with van der Waals surface area (Å²) < 4.78 is 10.3. The summed E-state index contributed by atoms with van der Waals surface area (Å²) in [5, 5.41) is 7.24. The van der Waals surface area contributed by atoms with Gasteiger partial charge in [-0.05, 0) is 59.2 Å². The number of hydrogen-bond acceptors (Lipinski definition) is 5. The van der Waals surface area contributed by atoms with E-state index in [4.69, 9.17) is 9.47 Å². The van der Waals surface area contributed by atoms with Crippen LogP contribution in [0.3, 0.4) is 0 Å². The molecule has 1 amide bonds. The van der Waals surface area contributed by atoms with Gasteiger partial charge in [0.25, 0.3) is 0 Å². The van der Waals surface area contributed by atoms with Crippen LogP contribution < -0.4 is 10.6 Å². The highest BCUT2D eigenvalue weighted by atomic mass is 16.6. The van der Waals surface area contributed by atoms with Crippen LogP contribution in [0, 0.1) is 0 Å². The molecule has 2 rings (SSSR count). The summed E-state index contributed by atoms with van der Waals surface area (Å²) in [6.45, 7) is 9.86. The van der Waals surface area contributed by atoms with Crippen LogP contribution in [-0.2, 0) is 20.7 Å². The number of para-hydroxylation sites is 1. The minimum absolute atomic E-state index is 0.312. The van der Waals surface area contributed by atoms with Crippen molar-refractivity contribution in [1.29, 1.82) is 0 Å². The molecule has 0 aliphatic heterocycles. The summed E-state index contributed by atoms with van der Waals surface area (Å²) in [5.74, 6) is -0.312. The maximum absolute atomic E-state index is 12.3. The number of alkyl carbamates (subject to hydrolysis) is 1. The predicted octanol–water partition coefficient (Wildman–Crippen LogP) is 3.54. The van der Waals surface area contributed by atoms with Gasteiger partial charge in [-0.25, -0.2) is 4.79 Å². The van der Waals surface area contributed by atoms with Crippen molar-refractivity contribution in [3.05, 3.63) is 36.0 Å². The Hall–Kier alpha value is -2.54. The smallest absolute Gasteiger partial charge is 0.408 e. The van der Waals surface area contributed by atoms with Gasteiger partial charge in [-0.2, -0.15) is 0 Å². The number of carbonyl (C=O) groups excluding carboxylic acids is 2. The Morgan fingerprint density at radius 2 is 1.83 bits per heavy atom. The second-order valence-corrected chi connectivity index (χ2v) is 8.85. The largest absolute Gasteiger partial charge is 0.468 e. The first kappa shape index (κ1) is 22.7. The molecule has 7 heteroatoms. The zero-order valence-corrected chi connectivity index (χ0v) is 18.2. The monoisotopic (exact) mass is 403 g/mol. The molecule has 1 atom stereocenters. The Kier molecular flexibility index (Phi) is 7.30. The topological polar surface area (TPSA) is 92.5 Å². The molecule has 0 spiro atoms. The molecule has 29 heavy (non-hydrogen) atoms. The maximum Gasteiger partial charge on any atom is 0.408 e. The average Bonchev–Trinajstić information content (AvgIpc) is 3.01. The molecule has 7 nitrogen and oxygen atoms in total. The number of H-pyrrole nitrogens is 1. The zero-order valence-electron chi connectivity index (χ0n) is 18.2. The van der Waals surface area contributed by atoms with E-state index in [2.05, 4.69) is 15.6 Å². The third-order valence-electron chi connectivity index (χ3n) is 4.56. The first-order valence-electron chi connectivity index (χ1n) is 9.88. The number of rotatable bonds is 8. The fourth-order valence-electron chi connectivity index (χ4n) is 3.10. The highest BCUT2D eigenvalue weighted by molar-refractivity contribution is 5.84. The molecule has 0 aliphatic rings. The van der Waals surface area contributed by atoms with E-state index in [9.17, 15) is 9.59 Å². The van der Waals surface area contributed by atoms with Gasteiger partial charge in [0, 0.05) is 29.1 Å². The van der Waals surface area contributed by atoms with Crippen LogP contribution >= 0.6 is 0 Å². The van der Waals surface area contributed by atoms with Gasteiger partial charge in [-0.3, -0.25) is 4.79 Å². The quantitative estimate of drug-likeness (QED) is 0.587. The molecular formula is C22H33N3O4. The van der Waals surface area contributed by atoms with Gasteiger partial charge in [-0.15, -0.1) is 0 Å². The van der Waals surface area contributed by atoms with Crippen LogP contribution in [-0.4, -0.2) is 47.9 Å². The molecule has 160 valence electrons. The first-order valence-corrected chi connectivity index (χ1v) is 9.88. The number of benzene rings is 1. The van der Waals surface area contributed by atoms with Gasteiger partial charge in [0.05, 0.1) is 7.11 Å². The molecule has 1 aromatic carbocycles. The highest BCUT2D eigenvalue weighted by Gasteiger charge is 2.26. The van der Waals surface area contributed by atoms with Gasteiger partial charge >= 0.3 is 12.1 Å². The van der Waals surface area contributed by atoms with Crippen LogP contribution in [0.5, 0.6) is 0 Å².